The topological polar surface area (TPSA) is 58.6 Å². The number of benzene rings is 1. The van der Waals surface area contributed by atoms with Gasteiger partial charge in [0.05, 0.1) is 0 Å². The molecule has 2 fully saturated rings. The Morgan fingerprint density at radius 1 is 1.37 bits per heavy atom. The first-order chi connectivity index (χ1) is 9.22. The molecule has 2 bridgehead atoms. The molecule has 2 amide bonds. The van der Waals surface area contributed by atoms with Gasteiger partial charge >= 0.3 is 6.09 Å². The van der Waals surface area contributed by atoms with Gasteiger partial charge in [0.15, 0.2) is 0 Å². The first-order valence-electron chi connectivity index (χ1n) is 6.49. The van der Waals surface area contributed by atoms with Gasteiger partial charge in [-0.3, -0.25) is 4.79 Å². The lowest BCUT2D eigenvalue weighted by Crippen LogP contribution is -2.40. The van der Waals surface area contributed by atoms with Crippen LogP contribution in [0.1, 0.15) is 18.4 Å². The molecule has 1 aromatic rings. The van der Waals surface area contributed by atoms with Gasteiger partial charge in [0.1, 0.15) is 6.61 Å². The number of nitrogens with zero attached hydrogens (tertiary/aromatic N) is 1. The standard InChI is InChI=1S/C14H16N2O3/c17-13-7-12-6-11(15-13)8-16(12)14(18)19-9-10-4-2-1-3-5-10/h1-5,11-12H,6-9H2,(H,15,17)/t11-,12+/m0/s1. The van der Waals surface area contributed by atoms with Gasteiger partial charge < -0.3 is 15.0 Å². The normalized spacial score (nSPS) is 25.1. The third kappa shape index (κ3) is 2.54. The summed E-state index contributed by atoms with van der Waals surface area (Å²) in [6.07, 6.45) is 0.899. The van der Waals surface area contributed by atoms with Crippen molar-refractivity contribution in [2.45, 2.75) is 31.5 Å². The molecule has 19 heavy (non-hydrogen) atoms. The number of hydrogen-bond donors (Lipinski definition) is 1. The van der Waals surface area contributed by atoms with Gasteiger partial charge in [0, 0.05) is 25.0 Å². The van der Waals surface area contributed by atoms with E-state index in [-0.39, 0.29) is 30.7 Å². The molecule has 0 unspecified atom stereocenters. The number of ether oxygens (including phenoxy) is 1. The second-order valence-corrected chi connectivity index (χ2v) is 5.05. The van der Waals surface area contributed by atoms with Gasteiger partial charge in [-0.05, 0) is 12.0 Å². The Morgan fingerprint density at radius 2 is 2.16 bits per heavy atom. The molecule has 100 valence electrons. The highest BCUT2D eigenvalue weighted by atomic mass is 16.6. The van der Waals surface area contributed by atoms with Crippen molar-refractivity contribution in [3.63, 3.8) is 0 Å². The lowest BCUT2D eigenvalue weighted by atomic mass is 10.0. The average molecular weight is 260 g/mol. The van der Waals surface area contributed by atoms with E-state index in [1.54, 1.807) is 4.90 Å². The van der Waals surface area contributed by atoms with Crippen LogP contribution in [0.15, 0.2) is 30.3 Å². The minimum Gasteiger partial charge on any atom is -0.445 e. The molecule has 0 radical (unpaired) electrons. The summed E-state index contributed by atoms with van der Waals surface area (Å²) in [7, 11) is 0. The van der Waals surface area contributed by atoms with Gasteiger partial charge in [0.2, 0.25) is 5.91 Å². The number of rotatable bonds is 2. The van der Waals surface area contributed by atoms with E-state index in [1.807, 2.05) is 30.3 Å². The third-order valence-electron chi connectivity index (χ3n) is 3.64. The molecule has 2 aliphatic heterocycles. The van der Waals surface area contributed by atoms with Crippen LogP contribution in [-0.2, 0) is 16.1 Å². The molecule has 0 aromatic heterocycles. The quantitative estimate of drug-likeness (QED) is 0.871. The Labute approximate surface area is 111 Å². The van der Waals surface area contributed by atoms with E-state index in [4.69, 9.17) is 4.74 Å². The van der Waals surface area contributed by atoms with Gasteiger partial charge in [-0.1, -0.05) is 30.3 Å². The number of hydrogen-bond acceptors (Lipinski definition) is 3. The number of piperidine rings is 1. The molecule has 2 atom stereocenters. The third-order valence-corrected chi connectivity index (χ3v) is 3.64. The Morgan fingerprint density at radius 3 is 2.95 bits per heavy atom. The molecule has 1 N–H and O–H groups in total. The molecule has 0 saturated carbocycles. The molecule has 2 saturated heterocycles. The summed E-state index contributed by atoms with van der Waals surface area (Å²) in [6, 6.07) is 9.68. The first kappa shape index (κ1) is 12.0. The molecule has 5 nitrogen and oxygen atoms in total. The molecule has 3 rings (SSSR count). The Bertz CT molecular complexity index is 489. The van der Waals surface area contributed by atoms with Crippen molar-refractivity contribution < 1.29 is 14.3 Å². The van der Waals surface area contributed by atoms with Crippen LogP contribution in [0.5, 0.6) is 0 Å². The summed E-state index contributed by atoms with van der Waals surface area (Å²) in [5.74, 6) is 0.0274. The summed E-state index contributed by atoms with van der Waals surface area (Å²) in [5, 5.41) is 2.88. The fraction of sp³-hybridized carbons (Fsp3) is 0.429. The van der Waals surface area contributed by atoms with E-state index >= 15 is 0 Å². The van der Waals surface area contributed by atoms with Crippen LogP contribution in [0.3, 0.4) is 0 Å². The van der Waals surface area contributed by atoms with Crippen molar-refractivity contribution in [1.82, 2.24) is 10.2 Å². The number of carbonyl (C=O) groups is 2. The van der Waals surface area contributed by atoms with Crippen molar-refractivity contribution in [3.8, 4) is 0 Å². The molecule has 2 aliphatic rings. The Hall–Kier alpha value is -2.04. The molecule has 5 heteroatoms. The van der Waals surface area contributed by atoms with Gasteiger partial charge in [-0.15, -0.1) is 0 Å². The first-order valence-corrected chi connectivity index (χ1v) is 6.49. The minimum absolute atomic E-state index is 0.00187. The number of likely N-dealkylation sites (tertiary alicyclic amines) is 1. The second kappa shape index (κ2) is 4.91. The lowest BCUT2D eigenvalue weighted by molar-refractivity contribution is -0.123. The second-order valence-electron chi connectivity index (χ2n) is 5.05. The summed E-state index contributed by atoms with van der Waals surface area (Å²) in [4.78, 5) is 25.1. The van der Waals surface area contributed by atoms with Crippen LogP contribution < -0.4 is 5.32 Å². The summed E-state index contributed by atoms with van der Waals surface area (Å²) < 4.78 is 5.30. The highest BCUT2D eigenvalue weighted by Crippen LogP contribution is 2.25. The van der Waals surface area contributed by atoms with Crippen LogP contribution in [0.2, 0.25) is 0 Å². The summed E-state index contributed by atoms with van der Waals surface area (Å²) in [6.45, 7) is 0.832. The predicted octanol–water partition coefficient (Wildman–Crippen LogP) is 1.29. The number of fused-ring (bicyclic) bond motifs is 2. The zero-order valence-electron chi connectivity index (χ0n) is 10.5. The molecule has 0 spiro atoms. The van der Waals surface area contributed by atoms with E-state index < -0.39 is 0 Å². The van der Waals surface area contributed by atoms with Crippen molar-refractivity contribution >= 4 is 12.0 Å². The van der Waals surface area contributed by atoms with Crippen molar-refractivity contribution in [2.75, 3.05) is 6.54 Å². The predicted molar refractivity (Wildman–Crippen MR) is 68.3 cm³/mol. The SMILES string of the molecule is O=C1C[C@H]2C[C@@H](CN2C(=O)OCc2ccccc2)N1. The van der Waals surface area contributed by atoms with E-state index in [0.717, 1.165) is 12.0 Å². The molecular formula is C14H16N2O3. The lowest BCUT2D eigenvalue weighted by Gasteiger charge is -2.23. The van der Waals surface area contributed by atoms with E-state index in [1.165, 1.54) is 0 Å². The largest absolute Gasteiger partial charge is 0.445 e. The van der Waals surface area contributed by atoms with Crippen molar-refractivity contribution in [2.24, 2.45) is 0 Å². The minimum atomic E-state index is -0.326. The maximum absolute atomic E-state index is 12.0. The highest BCUT2D eigenvalue weighted by molar-refractivity contribution is 5.80. The molecule has 1 aromatic carbocycles. The van der Waals surface area contributed by atoms with Crippen LogP contribution in [0, 0.1) is 0 Å². The summed E-state index contributed by atoms with van der Waals surface area (Å²) in [5.41, 5.74) is 0.965. The Kier molecular flexibility index (Phi) is 3.11. The number of carbonyl (C=O) groups excluding carboxylic acids is 2. The van der Waals surface area contributed by atoms with Gasteiger partial charge in [-0.25, -0.2) is 4.79 Å². The maximum atomic E-state index is 12.0. The fourth-order valence-corrected chi connectivity index (χ4v) is 2.74. The zero-order valence-corrected chi connectivity index (χ0v) is 10.5. The maximum Gasteiger partial charge on any atom is 0.410 e. The van der Waals surface area contributed by atoms with E-state index in [0.29, 0.717) is 13.0 Å². The van der Waals surface area contributed by atoms with E-state index in [2.05, 4.69) is 5.32 Å². The van der Waals surface area contributed by atoms with Crippen LogP contribution in [0.25, 0.3) is 0 Å². The van der Waals surface area contributed by atoms with Crippen LogP contribution >= 0.6 is 0 Å². The van der Waals surface area contributed by atoms with Crippen LogP contribution in [0.4, 0.5) is 4.79 Å². The monoisotopic (exact) mass is 260 g/mol. The van der Waals surface area contributed by atoms with E-state index in [9.17, 15) is 9.59 Å². The number of amides is 2. The molecule has 0 aliphatic carbocycles. The molecule has 2 heterocycles. The number of nitrogens with one attached hydrogen (secondary N) is 1. The molecular weight excluding hydrogens is 244 g/mol. The fourth-order valence-electron chi connectivity index (χ4n) is 2.74. The van der Waals surface area contributed by atoms with Gasteiger partial charge in [-0.2, -0.15) is 0 Å². The zero-order chi connectivity index (χ0) is 13.2. The van der Waals surface area contributed by atoms with Crippen LogP contribution in [-0.4, -0.2) is 35.5 Å². The summed E-state index contributed by atoms with van der Waals surface area (Å²) >= 11 is 0. The Balaban J connectivity index is 1.58. The van der Waals surface area contributed by atoms with Crippen molar-refractivity contribution in [3.05, 3.63) is 35.9 Å². The smallest absolute Gasteiger partial charge is 0.410 e. The van der Waals surface area contributed by atoms with Crippen molar-refractivity contribution in [1.29, 1.82) is 0 Å². The highest BCUT2D eigenvalue weighted by Gasteiger charge is 2.41. The van der Waals surface area contributed by atoms with Gasteiger partial charge in [0.25, 0.3) is 0 Å². The average Bonchev–Trinajstić information content (AvgIpc) is 2.72.